The number of esters is 2. The second-order valence-electron chi connectivity index (χ2n) is 17.1. The van der Waals surface area contributed by atoms with Crippen LogP contribution in [0.3, 0.4) is 0 Å². The first kappa shape index (κ1) is 64.8. The summed E-state index contributed by atoms with van der Waals surface area (Å²) in [7, 11) is -10.9. The van der Waals surface area contributed by atoms with Crippen molar-refractivity contribution in [2.75, 3.05) is 25.6 Å². The van der Waals surface area contributed by atoms with Gasteiger partial charge in [-0.1, -0.05) is 143 Å². The number of aliphatic hydroxyl groups excluding tert-OH is 3. The van der Waals surface area contributed by atoms with Gasteiger partial charge in [-0.2, -0.15) is 9.29 Å². The number of nitrogens with two attached hydrogens (primary N) is 1. The van der Waals surface area contributed by atoms with Crippen molar-refractivity contribution in [1.82, 2.24) is 9.55 Å². The van der Waals surface area contributed by atoms with E-state index in [1.165, 1.54) is 44.6 Å². The fourth-order valence-corrected chi connectivity index (χ4v) is 8.84. The lowest BCUT2D eigenvalue weighted by atomic mass is 10.1. The Hall–Kier alpha value is -4.36. The van der Waals surface area contributed by atoms with Crippen LogP contribution in [0.25, 0.3) is 0 Å². The number of allylic oxidation sites excluding steroid dienone is 15. The SMILES string of the molecule is CCCCCCCC/C=C\C/C=C\C/C=C\CCCC(=O)OC[C@H](COP(=O)(O)OP(=O)(O)OC[C@H]1O[C@@H](n2ccc(N)nc2=O)[C@H](O)[C@@H]1O)OC(=O)CCC/C=C\C/C=C\C/C=C\C/C=C\C=C\[C@H](O)CC. The zero-order chi connectivity index (χ0) is 53.6. The Morgan fingerprint density at radius 1 is 0.726 bits per heavy atom. The summed E-state index contributed by atoms with van der Waals surface area (Å²) in [6.45, 7) is 1.70. The summed E-state index contributed by atoms with van der Waals surface area (Å²) in [4.78, 5) is 61.9. The van der Waals surface area contributed by atoms with Crippen LogP contribution >= 0.6 is 15.6 Å². The minimum atomic E-state index is -5.46. The van der Waals surface area contributed by atoms with Crippen molar-refractivity contribution in [3.63, 3.8) is 0 Å². The van der Waals surface area contributed by atoms with Crippen LogP contribution in [-0.2, 0) is 46.3 Å². The standard InChI is InChI=1S/C52H81N3O16P2/c1-3-5-6-7-8-9-10-11-12-13-14-18-21-24-27-30-33-36-47(57)66-40-44(69-48(58)37-34-31-28-25-22-19-16-15-17-20-23-26-29-32-35-43(56)4-2)41-67-72(62,63)71-73(64,65)68-42-45-49(59)50(60)51(70-45)55-39-38-46(53)54-52(55)61/h11-12,14,16-20,24-29,32,35,38-39,43-45,49-51,56,59-60H,3-10,13,15,21-23,30-31,33-34,36-37,40-42H2,1-2H3,(H,62,63)(H,64,65)(H2,53,54,61)/b12-11-,18-14-,19-16-,20-17-,27-24-,28-25-,29-26-,35-32+/t43-,44-,45-,49-,50-,51-/m1/s1. The maximum atomic E-state index is 12.8. The summed E-state index contributed by atoms with van der Waals surface area (Å²) in [6, 6.07) is 1.24. The number of hydrogen-bond acceptors (Lipinski definition) is 16. The smallest absolute Gasteiger partial charge is 0.462 e. The van der Waals surface area contributed by atoms with E-state index in [2.05, 4.69) is 52.7 Å². The van der Waals surface area contributed by atoms with Crippen molar-refractivity contribution in [1.29, 1.82) is 0 Å². The number of aromatic nitrogens is 2. The highest BCUT2D eigenvalue weighted by Gasteiger charge is 2.46. The molecule has 2 rings (SSSR count). The quantitative estimate of drug-likeness (QED) is 0.0117. The van der Waals surface area contributed by atoms with Crippen molar-refractivity contribution < 1.29 is 71.4 Å². The number of anilines is 1. The van der Waals surface area contributed by atoms with Crippen molar-refractivity contribution in [2.24, 2.45) is 0 Å². The van der Waals surface area contributed by atoms with Gasteiger partial charge in [-0.05, 0) is 83.1 Å². The van der Waals surface area contributed by atoms with Gasteiger partial charge in [0.05, 0.1) is 19.3 Å². The van der Waals surface area contributed by atoms with Gasteiger partial charge in [0.1, 0.15) is 30.7 Å². The third-order valence-electron chi connectivity index (χ3n) is 10.8. The summed E-state index contributed by atoms with van der Waals surface area (Å²) in [5, 5.41) is 30.4. The highest BCUT2D eigenvalue weighted by molar-refractivity contribution is 7.61. The number of nitrogen functional groups attached to an aromatic ring is 1. The molecule has 0 saturated carbocycles. The molecule has 0 bridgehead atoms. The van der Waals surface area contributed by atoms with E-state index < -0.39 is 89.8 Å². The average Bonchev–Trinajstić information content (AvgIpc) is 3.63. The van der Waals surface area contributed by atoms with Gasteiger partial charge in [-0.3, -0.25) is 23.2 Å². The summed E-state index contributed by atoms with van der Waals surface area (Å²) >= 11 is 0. The van der Waals surface area contributed by atoms with E-state index in [4.69, 9.17) is 29.0 Å². The molecule has 73 heavy (non-hydrogen) atoms. The molecule has 1 aromatic rings. The molecule has 0 radical (unpaired) electrons. The van der Waals surface area contributed by atoms with Crippen molar-refractivity contribution >= 4 is 33.4 Å². The van der Waals surface area contributed by atoms with Crippen LogP contribution in [0.1, 0.15) is 142 Å². The maximum absolute atomic E-state index is 12.8. The van der Waals surface area contributed by atoms with Crippen LogP contribution in [0, 0.1) is 0 Å². The summed E-state index contributed by atoms with van der Waals surface area (Å²) in [5.74, 6) is -1.46. The van der Waals surface area contributed by atoms with Gasteiger partial charge in [0.15, 0.2) is 12.3 Å². The molecule has 0 aromatic carbocycles. The topological polar surface area (TPSA) is 286 Å². The van der Waals surface area contributed by atoms with Crippen LogP contribution in [-0.4, -0.2) is 96.9 Å². The lowest BCUT2D eigenvalue weighted by Crippen LogP contribution is -2.36. The molecule has 1 aliphatic rings. The first-order valence-corrected chi connectivity index (χ1v) is 28.3. The maximum Gasteiger partial charge on any atom is 0.481 e. The second kappa shape index (κ2) is 39.1. The number of carbonyl (C=O) groups excluding carboxylic acids is 2. The number of phosphoric ester groups is 2. The number of carbonyl (C=O) groups is 2. The Morgan fingerprint density at radius 2 is 1.26 bits per heavy atom. The minimum Gasteiger partial charge on any atom is -0.462 e. The molecule has 1 fully saturated rings. The van der Waals surface area contributed by atoms with Crippen LogP contribution in [0.15, 0.2) is 114 Å². The van der Waals surface area contributed by atoms with E-state index in [0.29, 0.717) is 38.5 Å². The van der Waals surface area contributed by atoms with Gasteiger partial charge < -0.3 is 45.1 Å². The van der Waals surface area contributed by atoms with E-state index in [-0.39, 0.29) is 18.7 Å². The first-order chi connectivity index (χ1) is 35.1. The number of nitrogens with zero attached hydrogens (tertiary/aromatic N) is 2. The van der Waals surface area contributed by atoms with Gasteiger partial charge in [0.2, 0.25) is 0 Å². The van der Waals surface area contributed by atoms with Crippen molar-refractivity contribution in [2.45, 2.75) is 173 Å². The molecule has 21 heteroatoms. The van der Waals surface area contributed by atoms with Gasteiger partial charge in [0, 0.05) is 19.0 Å². The van der Waals surface area contributed by atoms with Gasteiger partial charge in [-0.25, -0.2) is 13.9 Å². The Kier molecular flexibility index (Phi) is 34.7. The molecule has 1 aromatic heterocycles. The van der Waals surface area contributed by atoms with E-state index in [1.807, 2.05) is 61.6 Å². The fraction of sp³-hybridized carbons (Fsp3) is 0.577. The molecule has 2 heterocycles. The Labute approximate surface area is 431 Å². The minimum absolute atomic E-state index is 0.0304. The predicted molar refractivity (Wildman–Crippen MR) is 281 cm³/mol. The molecule has 0 spiro atoms. The van der Waals surface area contributed by atoms with Gasteiger partial charge in [-0.15, -0.1) is 0 Å². The van der Waals surface area contributed by atoms with Crippen molar-refractivity contribution in [3.05, 3.63) is 120 Å². The summed E-state index contributed by atoms with van der Waals surface area (Å²) in [5.41, 5.74) is 4.57. The van der Waals surface area contributed by atoms with Crippen molar-refractivity contribution in [3.8, 4) is 0 Å². The highest BCUT2D eigenvalue weighted by Crippen LogP contribution is 2.60. The lowest BCUT2D eigenvalue weighted by molar-refractivity contribution is -0.161. The molecule has 2 unspecified atom stereocenters. The second-order valence-corrected chi connectivity index (χ2v) is 20.2. The van der Waals surface area contributed by atoms with Crippen LogP contribution < -0.4 is 11.4 Å². The first-order valence-electron chi connectivity index (χ1n) is 25.4. The van der Waals surface area contributed by atoms with E-state index in [1.54, 1.807) is 6.08 Å². The number of phosphoric acid groups is 2. The average molecular weight is 1070 g/mol. The summed E-state index contributed by atoms with van der Waals surface area (Å²) in [6.07, 6.45) is 40.3. The monoisotopic (exact) mass is 1070 g/mol. The Bertz CT molecular complexity index is 2120. The largest absolute Gasteiger partial charge is 0.481 e. The molecule has 8 atom stereocenters. The molecule has 410 valence electrons. The van der Waals surface area contributed by atoms with Crippen LogP contribution in [0.4, 0.5) is 5.82 Å². The number of hydrogen-bond donors (Lipinski definition) is 6. The molecular formula is C52H81N3O16P2. The van der Waals surface area contributed by atoms with E-state index in [0.717, 1.165) is 42.9 Å². The number of rotatable bonds is 40. The third-order valence-corrected chi connectivity index (χ3v) is 13.4. The number of ether oxygens (including phenoxy) is 3. The zero-order valence-electron chi connectivity index (χ0n) is 42.5. The van der Waals surface area contributed by atoms with Crippen LogP contribution in [0.5, 0.6) is 0 Å². The fourth-order valence-electron chi connectivity index (χ4n) is 6.73. The Balaban J connectivity index is 1.86. The molecule has 0 amide bonds. The van der Waals surface area contributed by atoms with Gasteiger partial charge >= 0.3 is 33.3 Å². The summed E-state index contributed by atoms with van der Waals surface area (Å²) < 4.78 is 56.6. The highest BCUT2D eigenvalue weighted by atomic mass is 31.3. The predicted octanol–water partition coefficient (Wildman–Crippen LogP) is 9.41. The molecule has 19 nitrogen and oxygen atoms in total. The lowest BCUT2D eigenvalue weighted by Gasteiger charge is -2.21. The van der Waals surface area contributed by atoms with E-state index in [9.17, 15) is 48.6 Å². The molecule has 0 aliphatic carbocycles. The Morgan fingerprint density at radius 3 is 1.85 bits per heavy atom. The van der Waals surface area contributed by atoms with E-state index >= 15 is 0 Å². The number of unbranched alkanes of at least 4 members (excludes halogenated alkanes) is 8. The normalized spacial score (nSPS) is 20.2. The molecule has 1 aliphatic heterocycles. The number of aliphatic hydroxyl groups is 3. The van der Waals surface area contributed by atoms with Gasteiger partial charge in [0.25, 0.3) is 0 Å². The molecule has 7 N–H and O–H groups in total. The molecular weight excluding hydrogens is 985 g/mol. The van der Waals surface area contributed by atoms with Crippen LogP contribution in [0.2, 0.25) is 0 Å². The zero-order valence-corrected chi connectivity index (χ0v) is 44.3. The molecule has 1 saturated heterocycles. The third kappa shape index (κ3) is 31.9.